The molecular weight excluding hydrogens is 680 g/mol. The van der Waals surface area contributed by atoms with Crippen molar-refractivity contribution in [3.63, 3.8) is 0 Å². The third-order valence-electron chi connectivity index (χ3n) is 12.2. The van der Waals surface area contributed by atoms with Crippen molar-refractivity contribution < 1.29 is 58.7 Å². The Bertz CT molecular complexity index is 1170. The van der Waals surface area contributed by atoms with Gasteiger partial charge in [0.25, 0.3) is 0 Å². The van der Waals surface area contributed by atoms with Crippen molar-refractivity contribution in [3.05, 3.63) is 4.91 Å². The summed E-state index contributed by atoms with van der Waals surface area (Å²) in [6.07, 6.45) is -9.58. The van der Waals surface area contributed by atoms with Crippen molar-refractivity contribution in [3.8, 4) is 0 Å². The maximum absolute atomic E-state index is 14.1. The van der Waals surface area contributed by atoms with E-state index >= 15 is 0 Å². The van der Waals surface area contributed by atoms with Crippen LogP contribution in [0.15, 0.2) is 5.18 Å². The number of rotatable bonds is 8. The van der Waals surface area contributed by atoms with Crippen LogP contribution >= 0.6 is 0 Å². The Morgan fingerprint density at radius 3 is 2.08 bits per heavy atom. The summed E-state index contributed by atoms with van der Waals surface area (Å²) in [5, 5.41) is 61.4. The Labute approximate surface area is 309 Å². The molecule has 3 rings (SSSR count). The third kappa shape index (κ3) is 9.52. The van der Waals surface area contributed by atoms with Gasteiger partial charge in [-0.3, -0.25) is 4.79 Å². The van der Waals surface area contributed by atoms with Crippen LogP contribution in [0.2, 0.25) is 0 Å². The fraction of sp³-hybridized carbons (Fsp3) is 0.973. The van der Waals surface area contributed by atoms with Crippen LogP contribution in [0.1, 0.15) is 94.9 Å². The predicted octanol–water partition coefficient (Wildman–Crippen LogP) is 2.35. The molecule has 0 bridgehead atoms. The van der Waals surface area contributed by atoms with Crippen molar-refractivity contribution in [2.24, 2.45) is 28.8 Å². The molecule has 0 aromatic heterocycles. The molecule has 304 valence electrons. The van der Waals surface area contributed by atoms with Gasteiger partial charge < -0.3 is 58.9 Å². The monoisotopic (exact) mass is 748 g/mol. The van der Waals surface area contributed by atoms with Crippen molar-refractivity contribution >= 4 is 5.97 Å². The molecule has 0 aromatic rings. The molecule has 0 amide bonds. The molecule has 52 heavy (non-hydrogen) atoms. The second-order valence-electron chi connectivity index (χ2n) is 16.8. The number of cyclic esters (lactones) is 1. The van der Waals surface area contributed by atoms with Gasteiger partial charge >= 0.3 is 5.97 Å². The number of carbonyl (C=O) groups excluding carboxylic acids is 1. The van der Waals surface area contributed by atoms with Crippen LogP contribution in [-0.2, 0) is 33.2 Å². The van der Waals surface area contributed by atoms with Gasteiger partial charge in [0.1, 0.15) is 23.9 Å². The summed E-state index contributed by atoms with van der Waals surface area (Å²) >= 11 is 0. The van der Waals surface area contributed by atoms with Gasteiger partial charge in [-0.15, -0.1) is 0 Å². The average molecular weight is 749 g/mol. The van der Waals surface area contributed by atoms with Gasteiger partial charge in [-0.1, -0.05) is 32.9 Å². The van der Waals surface area contributed by atoms with E-state index in [4.69, 9.17) is 28.4 Å². The van der Waals surface area contributed by atoms with E-state index in [0.717, 1.165) is 0 Å². The summed E-state index contributed by atoms with van der Waals surface area (Å²) in [4.78, 5) is 28.4. The minimum atomic E-state index is -1.97. The van der Waals surface area contributed by atoms with E-state index in [0.29, 0.717) is 6.42 Å². The van der Waals surface area contributed by atoms with Gasteiger partial charge in [0.05, 0.1) is 53.7 Å². The second-order valence-corrected chi connectivity index (χ2v) is 16.8. The van der Waals surface area contributed by atoms with Crippen LogP contribution < -0.4 is 0 Å². The number of carbonyl (C=O) groups is 1. The van der Waals surface area contributed by atoms with Gasteiger partial charge in [-0.05, 0) is 80.8 Å². The summed E-state index contributed by atoms with van der Waals surface area (Å²) in [6.45, 7) is 16.6. The fourth-order valence-corrected chi connectivity index (χ4v) is 8.79. The zero-order valence-electron chi connectivity index (χ0n) is 33.5. The highest BCUT2D eigenvalue weighted by molar-refractivity contribution is 5.73. The molecular formula is C37H68N2O13. The van der Waals surface area contributed by atoms with E-state index in [1.807, 2.05) is 25.9 Å². The lowest BCUT2D eigenvalue weighted by molar-refractivity contribution is -0.318. The molecule has 0 aromatic carbocycles. The van der Waals surface area contributed by atoms with Crippen LogP contribution in [0.5, 0.6) is 0 Å². The van der Waals surface area contributed by atoms with E-state index in [9.17, 15) is 35.2 Å². The van der Waals surface area contributed by atoms with E-state index in [2.05, 4.69) is 5.18 Å². The molecule has 3 fully saturated rings. The molecule has 5 N–H and O–H groups in total. The molecule has 7 unspecified atom stereocenters. The Hall–Kier alpha value is -1.37. The lowest BCUT2D eigenvalue weighted by atomic mass is 9.72. The Balaban J connectivity index is 2.21. The number of nitroso groups, excluding NO2 is 1. The van der Waals surface area contributed by atoms with Crippen molar-refractivity contribution in [1.82, 2.24) is 4.90 Å². The number of likely N-dealkylation sites (N-methyl/N-ethyl adjacent to an activating group) is 1. The normalized spacial score (nSPS) is 50.3. The first-order valence-electron chi connectivity index (χ1n) is 18.8. The number of aliphatic hydroxyl groups is 5. The second kappa shape index (κ2) is 17.6. The Morgan fingerprint density at radius 1 is 0.923 bits per heavy atom. The van der Waals surface area contributed by atoms with Gasteiger partial charge in [-0.2, -0.15) is 4.91 Å². The number of hydrogen-bond acceptors (Lipinski definition) is 15. The van der Waals surface area contributed by atoms with E-state index in [1.165, 1.54) is 14.0 Å². The van der Waals surface area contributed by atoms with Crippen molar-refractivity contribution in [2.75, 3.05) is 21.2 Å². The zero-order valence-corrected chi connectivity index (χ0v) is 33.5. The molecule has 0 spiro atoms. The summed E-state index contributed by atoms with van der Waals surface area (Å²) < 4.78 is 37.2. The van der Waals surface area contributed by atoms with Gasteiger partial charge in [0, 0.05) is 31.4 Å². The van der Waals surface area contributed by atoms with Crippen molar-refractivity contribution in [2.45, 2.75) is 185 Å². The number of hydrogen-bond donors (Lipinski definition) is 5. The fourth-order valence-electron chi connectivity index (χ4n) is 8.79. The predicted molar refractivity (Wildman–Crippen MR) is 191 cm³/mol. The lowest BCUT2D eigenvalue weighted by Gasteiger charge is -2.49. The van der Waals surface area contributed by atoms with Gasteiger partial charge in [0.2, 0.25) is 0 Å². The maximum Gasteiger partial charge on any atom is 0.311 e. The summed E-state index contributed by atoms with van der Waals surface area (Å²) in [5.74, 6) is -4.21. The van der Waals surface area contributed by atoms with Crippen LogP contribution in [0.4, 0.5) is 0 Å². The molecule has 0 radical (unpaired) electrons. The first kappa shape index (κ1) is 45.0. The zero-order chi connectivity index (χ0) is 39.7. The number of aliphatic hydroxyl groups excluding tert-OH is 3. The topological polar surface area (TPSA) is 206 Å². The first-order chi connectivity index (χ1) is 24.0. The number of ether oxygens (including phenoxy) is 6. The highest BCUT2D eigenvalue weighted by atomic mass is 16.7. The molecule has 0 saturated carbocycles. The molecule has 0 aliphatic carbocycles. The van der Waals surface area contributed by atoms with E-state index in [1.54, 1.807) is 55.4 Å². The molecule has 15 nitrogen and oxygen atoms in total. The van der Waals surface area contributed by atoms with Crippen LogP contribution in [0.3, 0.4) is 0 Å². The minimum absolute atomic E-state index is 0.0687. The smallest absolute Gasteiger partial charge is 0.311 e. The summed E-state index contributed by atoms with van der Waals surface area (Å²) in [7, 11) is 5.18. The highest BCUT2D eigenvalue weighted by Gasteiger charge is 2.54. The molecule has 15 heteroatoms. The van der Waals surface area contributed by atoms with E-state index in [-0.39, 0.29) is 31.4 Å². The number of esters is 1. The minimum Gasteiger partial charge on any atom is -0.459 e. The largest absolute Gasteiger partial charge is 0.459 e. The molecule has 3 aliphatic rings. The third-order valence-corrected chi connectivity index (χ3v) is 12.2. The maximum atomic E-state index is 14.1. The molecule has 3 heterocycles. The Morgan fingerprint density at radius 2 is 1.54 bits per heavy atom. The average Bonchev–Trinajstić information content (AvgIpc) is 3.06. The van der Waals surface area contributed by atoms with Crippen LogP contribution in [0.25, 0.3) is 0 Å². The van der Waals surface area contributed by atoms with Crippen LogP contribution in [0, 0.1) is 28.6 Å². The van der Waals surface area contributed by atoms with Gasteiger partial charge in [-0.25, -0.2) is 0 Å². The molecule has 19 atom stereocenters. The number of methoxy groups -OCH3 is 1. The standard InChI is InChI=1S/C37H68N2O13/c1-14-25-37(10,45)30(41)20(4)27(38-46)18(2)16-35(8,44)32(52-34-28(40)24(39(11)12)15-19(3)48-34)21(5)29(22(6)33(43)50-25)51-26-17-36(9,47-13)31(42)23(7)49-26/h18-32,34,40-42,44-45H,14-17H2,1-13H3/t18-,19-,20+,21+,22-,23+,24?,25-,26?,27?,28?,29+,30-,31?,32-,34?,35-,36?,37-/m1/s1. The van der Waals surface area contributed by atoms with Crippen LogP contribution in [-0.4, -0.2) is 148 Å². The quantitative estimate of drug-likeness (QED) is 0.179. The molecule has 3 aliphatic heterocycles. The van der Waals surface area contributed by atoms with Crippen molar-refractivity contribution in [1.29, 1.82) is 0 Å². The first-order valence-corrected chi connectivity index (χ1v) is 18.8. The van der Waals surface area contributed by atoms with Gasteiger partial charge in [0.15, 0.2) is 12.6 Å². The molecule has 3 saturated heterocycles. The SMILES string of the molecule is CC[C@H]1OC(=O)[C@H](C)[C@@H](OC2CC(C)(OC)C(O)[C@H](C)O2)[C@H](C)[C@@H](OC2O[C@H](C)CC(N(C)C)C2O)[C@](C)(O)C[C@@H](C)C(N=O)[C@H](C)[C@@H](O)[C@]1(C)O. The summed E-state index contributed by atoms with van der Waals surface area (Å²) in [6, 6.07) is -1.40. The lowest BCUT2D eigenvalue weighted by Crippen LogP contribution is -2.61. The summed E-state index contributed by atoms with van der Waals surface area (Å²) in [5.41, 5.74) is -4.80. The van der Waals surface area contributed by atoms with E-state index < -0.39 is 108 Å². The highest BCUT2D eigenvalue weighted by Crippen LogP contribution is 2.41. The Kier molecular flexibility index (Phi) is 15.3. The number of nitrogens with zero attached hydrogens (tertiary/aromatic N) is 2.